The molecule has 0 unspecified atom stereocenters. The van der Waals surface area contributed by atoms with Crippen LogP contribution in [0.15, 0.2) is 78.9 Å². The third-order valence-corrected chi connectivity index (χ3v) is 5.28. The molecule has 0 amide bonds. The zero-order valence-electron chi connectivity index (χ0n) is 16.2. The summed E-state index contributed by atoms with van der Waals surface area (Å²) in [6.07, 6.45) is 2.01. The average molecular weight is 362 g/mol. The largest absolute Gasteiger partial charge is 0.344 e. The number of aromatic nitrogens is 1. The summed E-state index contributed by atoms with van der Waals surface area (Å²) in [6.45, 7) is 5.08. The number of nitrogens with zero attached hydrogens (tertiary/aromatic N) is 2. The highest BCUT2D eigenvalue weighted by Crippen LogP contribution is 2.25. The molecule has 0 aliphatic heterocycles. The van der Waals surface area contributed by atoms with Crippen molar-refractivity contribution in [2.24, 2.45) is 0 Å². The van der Waals surface area contributed by atoms with E-state index in [9.17, 15) is 5.26 Å². The van der Waals surface area contributed by atoms with Gasteiger partial charge in [-0.3, -0.25) is 0 Å². The molecule has 28 heavy (non-hydrogen) atoms. The van der Waals surface area contributed by atoms with E-state index >= 15 is 0 Å². The van der Waals surface area contributed by atoms with E-state index in [4.69, 9.17) is 0 Å². The molecule has 0 N–H and O–H groups in total. The fourth-order valence-electron chi connectivity index (χ4n) is 3.68. The zero-order valence-corrected chi connectivity index (χ0v) is 16.2. The first-order valence-electron chi connectivity index (χ1n) is 9.47. The second-order valence-corrected chi connectivity index (χ2v) is 7.13. The average Bonchev–Trinajstić information content (AvgIpc) is 2.99. The van der Waals surface area contributed by atoms with E-state index in [1.165, 1.54) is 22.3 Å². The Morgan fingerprint density at radius 1 is 0.893 bits per heavy atom. The molecule has 136 valence electrons. The zero-order chi connectivity index (χ0) is 19.5. The molecule has 3 aromatic carbocycles. The maximum atomic E-state index is 9.79. The molecule has 2 nitrogen and oxygen atoms in total. The Bertz CT molecular complexity index is 1200. The van der Waals surface area contributed by atoms with Gasteiger partial charge in [-0.25, -0.2) is 0 Å². The highest BCUT2D eigenvalue weighted by Gasteiger charge is 2.10. The third kappa shape index (κ3) is 3.48. The van der Waals surface area contributed by atoms with Gasteiger partial charge in [0.1, 0.15) is 0 Å². The number of hydrogen-bond donors (Lipinski definition) is 0. The predicted molar refractivity (Wildman–Crippen MR) is 117 cm³/mol. The Morgan fingerprint density at radius 2 is 1.61 bits per heavy atom. The lowest BCUT2D eigenvalue weighted by Crippen LogP contribution is -2.03. The molecule has 0 radical (unpaired) electrons. The van der Waals surface area contributed by atoms with Crippen LogP contribution in [0.2, 0.25) is 0 Å². The number of allylic oxidation sites excluding steroid dienone is 1. The Kier molecular flexibility index (Phi) is 4.83. The van der Waals surface area contributed by atoms with Gasteiger partial charge in [-0.05, 0) is 59.5 Å². The topological polar surface area (TPSA) is 28.7 Å². The lowest BCUT2D eigenvalue weighted by molar-refractivity contribution is 0.749. The van der Waals surface area contributed by atoms with Gasteiger partial charge in [-0.15, -0.1) is 0 Å². The van der Waals surface area contributed by atoms with Crippen molar-refractivity contribution in [3.05, 3.63) is 107 Å². The SMILES string of the molecule is Cc1cc(/C=C(/C#N)c2ccc3ccccc3c2)c(C)n1Cc1ccccc1. The van der Waals surface area contributed by atoms with Crippen LogP contribution in [0.1, 0.15) is 28.1 Å². The fraction of sp³-hybridized carbons (Fsp3) is 0.115. The molecule has 0 saturated carbocycles. The summed E-state index contributed by atoms with van der Waals surface area (Å²) >= 11 is 0. The molecule has 4 rings (SSSR count). The Balaban J connectivity index is 1.72. The highest BCUT2D eigenvalue weighted by molar-refractivity contribution is 5.94. The standard InChI is InChI=1S/C26H22N2/c1-19-14-25(20(2)28(19)18-21-8-4-3-5-9-21)16-26(17-27)24-13-12-22-10-6-7-11-23(22)15-24/h3-16H,18H2,1-2H3/b26-16-. The molecule has 1 heterocycles. The van der Waals surface area contributed by atoms with Gasteiger partial charge in [0.15, 0.2) is 0 Å². The molecule has 0 aliphatic rings. The van der Waals surface area contributed by atoms with Crippen LogP contribution in [0.3, 0.4) is 0 Å². The summed E-state index contributed by atoms with van der Waals surface area (Å²) in [5.41, 5.74) is 6.38. The van der Waals surface area contributed by atoms with Crippen LogP contribution in [0.4, 0.5) is 0 Å². The first-order chi connectivity index (χ1) is 13.7. The smallest absolute Gasteiger partial charge is 0.0998 e. The van der Waals surface area contributed by atoms with E-state index in [0.717, 1.165) is 23.1 Å². The van der Waals surface area contributed by atoms with Gasteiger partial charge in [0.25, 0.3) is 0 Å². The molecule has 0 saturated heterocycles. The molecule has 2 heteroatoms. The molecule has 0 bridgehead atoms. The maximum absolute atomic E-state index is 9.79. The van der Waals surface area contributed by atoms with Crippen LogP contribution in [-0.4, -0.2) is 4.57 Å². The van der Waals surface area contributed by atoms with E-state index in [-0.39, 0.29) is 0 Å². The minimum Gasteiger partial charge on any atom is -0.344 e. The van der Waals surface area contributed by atoms with Gasteiger partial charge in [0, 0.05) is 17.9 Å². The minimum absolute atomic E-state index is 0.686. The number of aryl methyl sites for hydroxylation is 1. The third-order valence-electron chi connectivity index (χ3n) is 5.28. The fourth-order valence-corrected chi connectivity index (χ4v) is 3.68. The number of nitriles is 1. The van der Waals surface area contributed by atoms with E-state index in [1.807, 2.05) is 30.3 Å². The highest BCUT2D eigenvalue weighted by atomic mass is 15.0. The Morgan fingerprint density at radius 3 is 2.36 bits per heavy atom. The van der Waals surface area contributed by atoms with Crippen molar-refractivity contribution in [1.82, 2.24) is 4.57 Å². The molecule has 0 fully saturated rings. The molecular formula is C26H22N2. The normalized spacial score (nSPS) is 11.5. The Hall–Kier alpha value is -3.57. The summed E-state index contributed by atoms with van der Waals surface area (Å²) in [7, 11) is 0. The first kappa shape index (κ1) is 17.8. The molecule has 1 aromatic heterocycles. The molecule has 0 aliphatic carbocycles. The van der Waals surface area contributed by atoms with Crippen molar-refractivity contribution < 1.29 is 0 Å². The summed E-state index contributed by atoms with van der Waals surface area (Å²) in [4.78, 5) is 0. The Labute approximate surface area is 166 Å². The van der Waals surface area contributed by atoms with Crippen LogP contribution in [0.25, 0.3) is 22.4 Å². The van der Waals surface area contributed by atoms with Crippen molar-refractivity contribution in [2.75, 3.05) is 0 Å². The van der Waals surface area contributed by atoms with Gasteiger partial charge in [0.2, 0.25) is 0 Å². The lowest BCUT2D eigenvalue weighted by Gasteiger charge is -2.09. The second-order valence-electron chi connectivity index (χ2n) is 7.13. The van der Waals surface area contributed by atoms with Gasteiger partial charge in [-0.1, -0.05) is 66.7 Å². The molecular weight excluding hydrogens is 340 g/mol. The van der Waals surface area contributed by atoms with Crippen LogP contribution in [-0.2, 0) is 6.54 Å². The van der Waals surface area contributed by atoms with E-state index < -0.39 is 0 Å². The number of hydrogen-bond acceptors (Lipinski definition) is 1. The minimum atomic E-state index is 0.686. The number of fused-ring (bicyclic) bond motifs is 1. The molecule has 0 spiro atoms. The van der Waals surface area contributed by atoms with Crippen LogP contribution in [0, 0.1) is 25.2 Å². The van der Waals surface area contributed by atoms with Crippen LogP contribution < -0.4 is 0 Å². The summed E-state index contributed by atoms with van der Waals surface area (Å²) in [6, 6.07) is 29.4. The second kappa shape index (κ2) is 7.58. The van der Waals surface area contributed by atoms with Gasteiger partial charge < -0.3 is 4.57 Å². The monoisotopic (exact) mass is 362 g/mol. The van der Waals surface area contributed by atoms with Crippen molar-refractivity contribution in [1.29, 1.82) is 5.26 Å². The van der Waals surface area contributed by atoms with Crippen molar-refractivity contribution in [2.45, 2.75) is 20.4 Å². The summed E-state index contributed by atoms with van der Waals surface area (Å²) in [5.74, 6) is 0. The van der Waals surface area contributed by atoms with Crippen LogP contribution in [0.5, 0.6) is 0 Å². The maximum Gasteiger partial charge on any atom is 0.0998 e. The molecule has 4 aromatic rings. The van der Waals surface area contributed by atoms with E-state index in [2.05, 4.69) is 79.1 Å². The van der Waals surface area contributed by atoms with Crippen molar-refractivity contribution in [3.63, 3.8) is 0 Å². The van der Waals surface area contributed by atoms with Crippen LogP contribution >= 0.6 is 0 Å². The lowest BCUT2D eigenvalue weighted by atomic mass is 10.0. The summed E-state index contributed by atoms with van der Waals surface area (Å²) < 4.78 is 2.30. The quantitative estimate of drug-likeness (QED) is 0.388. The van der Waals surface area contributed by atoms with Gasteiger partial charge >= 0.3 is 0 Å². The van der Waals surface area contributed by atoms with Gasteiger partial charge in [-0.2, -0.15) is 5.26 Å². The van der Waals surface area contributed by atoms with Crippen molar-refractivity contribution in [3.8, 4) is 6.07 Å². The number of benzene rings is 3. The predicted octanol–water partition coefficient (Wildman–Crippen LogP) is 6.37. The number of rotatable bonds is 4. The van der Waals surface area contributed by atoms with E-state index in [0.29, 0.717) is 5.57 Å². The first-order valence-corrected chi connectivity index (χ1v) is 9.47. The van der Waals surface area contributed by atoms with Gasteiger partial charge in [0.05, 0.1) is 11.6 Å². The van der Waals surface area contributed by atoms with Crippen molar-refractivity contribution >= 4 is 22.4 Å². The summed E-state index contributed by atoms with van der Waals surface area (Å²) in [5, 5.41) is 12.1. The van der Waals surface area contributed by atoms with E-state index in [1.54, 1.807) is 0 Å². The molecule has 0 atom stereocenters.